The van der Waals surface area contributed by atoms with Gasteiger partial charge in [-0.15, -0.1) is 0 Å². The Labute approximate surface area is 130 Å². The fourth-order valence-corrected chi connectivity index (χ4v) is 4.18. The van der Waals surface area contributed by atoms with Crippen LogP contribution in [0.25, 0.3) is 0 Å². The maximum absolute atomic E-state index is 12.6. The molecule has 2 fully saturated rings. The van der Waals surface area contributed by atoms with Crippen LogP contribution in [0.3, 0.4) is 0 Å². The summed E-state index contributed by atoms with van der Waals surface area (Å²) in [6.07, 6.45) is 3.31. The summed E-state index contributed by atoms with van der Waals surface area (Å²) >= 11 is 1.57. The molecule has 2 saturated heterocycles. The van der Waals surface area contributed by atoms with E-state index in [1.807, 2.05) is 28.7 Å². The number of fused-ring (bicyclic) bond motifs is 1. The summed E-state index contributed by atoms with van der Waals surface area (Å²) in [4.78, 5) is 14.6. The fraction of sp³-hybridized carbons (Fsp3) is 0.688. The number of hydrogen-bond acceptors (Lipinski definition) is 4. The molecule has 2 atom stereocenters. The van der Waals surface area contributed by atoms with Crippen LogP contribution in [0.2, 0.25) is 0 Å². The monoisotopic (exact) mass is 309 g/mol. The first-order chi connectivity index (χ1) is 10.2. The second-order valence-corrected chi connectivity index (χ2v) is 6.77. The van der Waals surface area contributed by atoms with Gasteiger partial charge in [-0.05, 0) is 37.6 Å². The molecule has 2 aliphatic heterocycles. The largest absolute Gasteiger partial charge is 0.381 e. The van der Waals surface area contributed by atoms with Crippen LogP contribution in [-0.4, -0.2) is 49.8 Å². The summed E-state index contributed by atoms with van der Waals surface area (Å²) in [5.41, 5.74) is 0.791. The van der Waals surface area contributed by atoms with Gasteiger partial charge in [-0.25, -0.2) is 0 Å². The number of nitrogens with zero attached hydrogens (tertiary/aromatic N) is 1. The number of likely N-dealkylation sites (tertiary alicyclic amines) is 1. The van der Waals surface area contributed by atoms with Crippen LogP contribution in [0.15, 0.2) is 16.8 Å². The number of rotatable bonds is 4. The molecule has 1 amide bonds. The zero-order chi connectivity index (χ0) is 14.7. The van der Waals surface area contributed by atoms with Crippen molar-refractivity contribution in [2.24, 2.45) is 5.41 Å². The molecule has 0 aliphatic carbocycles. The number of amides is 1. The molecule has 1 aromatic rings. The lowest BCUT2D eigenvalue weighted by atomic mass is 9.73. The Morgan fingerprint density at radius 2 is 2.52 bits per heavy atom. The first kappa shape index (κ1) is 15.0. The van der Waals surface area contributed by atoms with Gasteiger partial charge in [0.25, 0.3) is 5.91 Å². The summed E-state index contributed by atoms with van der Waals surface area (Å²) in [5, 5.41) is 3.89. The Morgan fingerprint density at radius 1 is 1.62 bits per heavy atom. The molecule has 3 heterocycles. The van der Waals surface area contributed by atoms with Gasteiger partial charge in [0.2, 0.25) is 0 Å². The van der Waals surface area contributed by atoms with E-state index in [1.165, 1.54) is 0 Å². The Morgan fingerprint density at radius 3 is 3.29 bits per heavy atom. The highest BCUT2D eigenvalue weighted by molar-refractivity contribution is 7.08. The van der Waals surface area contributed by atoms with Crippen molar-refractivity contribution in [3.63, 3.8) is 0 Å². The molecular formula is C16H23NO3S. The highest BCUT2D eigenvalue weighted by Crippen LogP contribution is 2.40. The SMILES string of the molecule is CCOCC12CCCOC1CCN(C(=O)c1ccsc1)C2. The van der Waals surface area contributed by atoms with Crippen molar-refractivity contribution in [1.29, 1.82) is 0 Å². The van der Waals surface area contributed by atoms with Crippen molar-refractivity contribution in [2.45, 2.75) is 32.3 Å². The van der Waals surface area contributed by atoms with Crippen molar-refractivity contribution < 1.29 is 14.3 Å². The lowest BCUT2D eigenvalue weighted by molar-refractivity contribution is -0.146. The molecule has 2 unspecified atom stereocenters. The van der Waals surface area contributed by atoms with Gasteiger partial charge < -0.3 is 14.4 Å². The van der Waals surface area contributed by atoms with E-state index in [-0.39, 0.29) is 17.4 Å². The highest BCUT2D eigenvalue weighted by atomic mass is 32.1. The minimum atomic E-state index is -0.0157. The van der Waals surface area contributed by atoms with Gasteiger partial charge in [0.05, 0.1) is 18.3 Å². The van der Waals surface area contributed by atoms with Crippen molar-refractivity contribution in [3.8, 4) is 0 Å². The summed E-state index contributed by atoms with van der Waals surface area (Å²) in [5.74, 6) is 0.149. The van der Waals surface area contributed by atoms with Crippen LogP contribution in [0, 0.1) is 5.41 Å². The molecule has 0 spiro atoms. The smallest absolute Gasteiger partial charge is 0.254 e. The van der Waals surface area contributed by atoms with E-state index in [9.17, 15) is 4.79 Å². The molecule has 21 heavy (non-hydrogen) atoms. The van der Waals surface area contributed by atoms with Crippen LogP contribution in [-0.2, 0) is 9.47 Å². The van der Waals surface area contributed by atoms with Gasteiger partial charge in [0.1, 0.15) is 0 Å². The number of hydrogen-bond donors (Lipinski definition) is 0. The predicted octanol–water partition coefficient (Wildman–Crippen LogP) is 2.80. The molecule has 1 aromatic heterocycles. The minimum absolute atomic E-state index is 0.0157. The maximum atomic E-state index is 12.6. The number of carbonyl (C=O) groups excluding carboxylic acids is 1. The van der Waals surface area contributed by atoms with E-state index in [0.717, 1.165) is 44.5 Å². The van der Waals surface area contributed by atoms with Gasteiger partial charge in [0.15, 0.2) is 0 Å². The van der Waals surface area contributed by atoms with Gasteiger partial charge in [-0.3, -0.25) is 4.79 Å². The summed E-state index contributed by atoms with van der Waals surface area (Å²) in [7, 11) is 0. The van der Waals surface area contributed by atoms with E-state index in [4.69, 9.17) is 9.47 Å². The average Bonchev–Trinajstić information content (AvgIpc) is 3.06. The standard InChI is InChI=1S/C16H23NO3S/c1-2-19-12-16-6-3-8-20-14(16)4-7-17(11-16)15(18)13-5-9-21-10-13/h5,9-10,14H,2-4,6-8,11-12H2,1H3. The van der Waals surface area contributed by atoms with E-state index < -0.39 is 0 Å². The van der Waals surface area contributed by atoms with Crippen LogP contribution >= 0.6 is 11.3 Å². The minimum Gasteiger partial charge on any atom is -0.381 e. The molecule has 5 heteroatoms. The molecule has 0 bridgehead atoms. The summed E-state index contributed by atoms with van der Waals surface area (Å²) < 4.78 is 11.7. The topological polar surface area (TPSA) is 38.8 Å². The Hall–Kier alpha value is -0.910. The molecule has 4 nitrogen and oxygen atoms in total. The van der Waals surface area contributed by atoms with Gasteiger partial charge >= 0.3 is 0 Å². The first-order valence-electron chi connectivity index (χ1n) is 7.76. The lowest BCUT2D eigenvalue weighted by Crippen LogP contribution is -2.58. The Bertz CT molecular complexity index is 476. The van der Waals surface area contributed by atoms with E-state index in [1.54, 1.807) is 11.3 Å². The average molecular weight is 309 g/mol. The quantitative estimate of drug-likeness (QED) is 0.858. The molecule has 0 radical (unpaired) electrons. The second kappa shape index (κ2) is 6.46. The van der Waals surface area contributed by atoms with E-state index in [0.29, 0.717) is 13.2 Å². The number of piperidine rings is 1. The molecule has 3 rings (SSSR count). The number of thiophene rings is 1. The third-order valence-corrected chi connectivity index (χ3v) is 5.32. The molecule has 2 aliphatic rings. The molecule has 0 aromatic carbocycles. The Balaban J connectivity index is 1.76. The van der Waals surface area contributed by atoms with E-state index >= 15 is 0 Å². The lowest BCUT2D eigenvalue weighted by Gasteiger charge is -2.50. The van der Waals surface area contributed by atoms with Crippen LogP contribution in [0.5, 0.6) is 0 Å². The molecule has 0 saturated carbocycles. The van der Waals surface area contributed by atoms with Crippen LogP contribution in [0.1, 0.15) is 36.5 Å². The second-order valence-electron chi connectivity index (χ2n) is 5.99. The summed E-state index contributed by atoms with van der Waals surface area (Å²) in [6, 6.07) is 1.91. The molecule has 116 valence electrons. The molecule has 0 N–H and O–H groups in total. The fourth-order valence-electron chi connectivity index (χ4n) is 3.55. The molecular weight excluding hydrogens is 286 g/mol. The third kappa shape index (κ3) is 3.00. The van der Waals surface area contributed by atoms with Crippen molar-refractivity contribution in [3.05, 3.63) is 22.4 Å². The van der Waals surface area contributed by atoms with Crippen molar-refractivity contribution in [2.75, 3.05) is 32.9 Å². The first-order valence-corrected chi connectivity index (χ1v) is 8.70. The third-order valence-electron chi connectivity index (χ3n) is 4.64. The van der Waals surface area contributed by atoms with Gasteiger partial charge in [0, 0.05) is 37.1 Å². The normalized spacial score (nSPS) is 29.2. The highest BCUT2D eigenvalue weighted by Gasteiger charge is 2.47. The number of ether oxygens (including phenoxy) is 2. The van der Waals surface area contributed by atoms with Crippen molar-refractivity contribution in [1.82, 2.24) is 4.90 Å². The predicted molar refractivity (Wildman–Crippen MR) is 82.7 cm³/mol. The number of carbonyl (C=O) groups is 1. The Kier molecular flexibility index (Phi) is 4.62. The van der Waals surface area contributed by atoms with E-state index in [2.05, 4.69) is 0 Å². The summed E-state index contributed by atoms with van der Waals surface area (Å²) in [6.45, 7) is 5.82. The maximum Gasteiger partial charge on any atom is 0.254 e. The van der Waals surface area contributed by atoms with Crippen molar-refractivity contribution >= 4 is 17.2 Å². The zero-order valence-electron chi connectivity index (χ0n) is 12.5. The zero-order valence-corrected chi connectivity index (χ0v) is 13.4. The van der Waals surface area contributed by atoms with Gasteiger partial charge in [-0.2, -0.15) is 11.3 Å². The van der Waals surface area contributed by atoms with Gasteiger partial charge in [-0.1, -0.05) is 0 Å². The van der Waals surface area contributed by atoms with Crippen LogP contribution < -0.4 is 0 Å². The van der Waals surface area contributed by atoms with Crippen LogP contribution in [0.4, 0.5) is 0 Å².